The molecule has 132 valence electrons. The lowest BCUT2D eigenvalue weighted by molar-refractivity contribution is -0.0333. The van der Waals surface area contributed by atoms with Crippen LogP contribution in [0.25, 0.3) is 0 Å². The standard InChI is InChI=1S/C19H30N4O/c1-16-6-5-7-17(14-16)22-18(20)21-15-19(8-3-2-4-9-19)23-10-12-24-13-11-23/h5-7,14H,2-4,8-13,15H2,1H3,(H3,20,21,22). The van der Waals surface area contributed by atoms with E-state index in [0.29, 0.717) is 5.96 Å². The van der Waals surface area contributed by atoms with Gasteiger partial charge in [-0.25, -0.2) is 0 Å². The zero-order chi connectivity index (χ0) is 16.8. The summed E-state index contributed by atoms with van der Waals surface area (Å²) in [6.45, 7) is 6.55. The molecule has 1 aromatic rings. The molecule has 1 aliphatic carbocycles. The van der Waals surface area contributed by atoms with E-state index in [2.05, 4.69) is 29.3 Å². The van der Waals surface area contributed by atoms with E-state index in [1.807, 2.05) is 12.1 Å². The van der Waals surface area contributed by atoms with Gasteiger partial charge in [-0.3, -0.25) is 9.89 Å². The summed E-state index contributed by atoms with van der Waals surface area (Å²) >= 11 is 0. The van der Waals surface area contributed by atoms with E-state index in [-0.39, 0.29) is 5.54 Å². The van der Waals surface area contributed by atoms with Crippen LogP contribution in [0.3, 0.4) is 0 Å². The fraction of sp³-hybridized carbons (Fsp3) is 0.632. The van der Waals surface area contributed by atoms with E-state index in [0.717, 1.165) is 38.5 Å². The number of nitrogens with one attached hydrogen (secondary N) is 1. The number of aryl methyl sites for hydroxylation is 1. The van der Waals surface area contributed by atoms with Gasteiger partial charge in [0, 0.05) is 24.3 Å². The number of benzene rings is 1. The van der Waals surface area contributed by atoms with Gasteiger partial charge in [-0.05, 0) is 37.5 Å². The highest BCUT2D eigenvalue weighted by molar-refractivity contribution is 5.92. The Morgan fingerprint density at radius 3 is 2.71 bits per heavy atom. The molecular formula is C19H30N4O. The van der Waals surface area contributed by atoms with Gasteiger partial charge in [-0.1, -0.05) is 31.4 Å². The van der Waals surface area contributed by atoms with Gasteiger partial charge in [0.25, 0.3) is 0 Å². The molecule has 2 fully saturated rings. The molecule has 0 radical (unpaired) electrons. The monoisotopic (exact) mass is 330 g/mol. The Morgan fingerprint density at radius 1 is 1.25 bits per heavy atom. The van der Waals surface area contributed by atoms with Crippen molar-refractivity contribution in [3.8, 4) is 0 Å². The topological polar surface area (TPSA) is 62.9 Å². The number of morpholine rings is 1. The van der Waals surface area contributed by atoms with Gasteiger partial charge < -0.3 is 15.8 Å². The van der Waals surface area contributed by atoms with E-state index in [1.54, 1.807) is 0 Å². The first kappa shape index (κ1) is 17.2. The van der Waals surface area contributed by atoms with Crippen molar-refractivity contribution in [2.45, 2.75) is 44.6 Å². The van der Waals surface area contributed by atoms with Crippen LogP contribution in [-0.2, 0) is 4.74 Å². The van der Waals surface area contributed by atoms with Crippen LogP contribution >= 0.6 is 0 Å². The molecule has 0 amide bonds. The van der Waals surface area contributed by atoms with E-state index >= 15 is 0 Å². The lowest BCUT2D eigenvalue weighted by atomic mass is 9.80. The molecule has 2 aliphatic rings. The smallest absolute Gasteiger partial charge is 0.193 e. The van der Waals surface area contributed by atoms with Crippen LogP contribution in [0.4, 0.5) is 5.69 Å². The van der Waals surface area contributed by atoms with E-state index < -0.39 is 0 Å². The summed E-state index contributed by atoms with van der Waals surface area (Å²) in [5.41, 5.74) is 8.54. The summed E-state index contributed by atoms with van der Waals surface area (Å²) in [5.74, 6) is 0.513. The molecule has 5 heteroatoms. The molecule has 5 nitrogen and oxygen atoms in total. The molecule has 0 unspecified atom stereocenters. The Morgan fingerprint density at radius 2 is 2.00 bits per heavy atom. The third-order valence-corrected chi connectivity index (χ3v) is 5.30. The third-order valence-electron chi connectivity index (χ3n) is 5.30. The van der Waals surface area contributed by atoms with Gasteiger partial charge in [-0.2, -0.15) is 0 Å². The molecule has 3 rings (SSSR count). The molecule has 0 atom stereocenters. The van der Waals surface area contributed by atoms with Crippen molar-refractivity contribution in [3.05, 3.63) is 29.8 Å². The molecule has 1 saturated carbocycles. The van der Waals surface area contributed by atoms with E-state index in [4.69, 9.17) is 15.5 Å². The van der Waals surface area contributed by atoms with Gasteiger partial charge >= 0.3 is 0 Å². The summed E-state index contributed by atoms with van der Waals surface area (Å²) in [4.78, 5) is 7.32. The predicted octanol–water partition coefficient (Wildman–Crippen LogP) is 2.76. The number of anilines is 1. The number of nitrogens with two attached hydrogens (primary N) is 1. The maximum atomic E-state index is 6.16. The highest BCUT2D eigenvalue weighted by Crippen LogP contribution is 2.34. The fourth-order valence-electron chi connectivity index (χ4n) is 3.96. The molecule has 0 spiro atoms. The van der Waals surface area contributed by atoms with Crippen LogP contribution in [0.15, 0.2) is 29.3 Å². The van der Waals surface area contributed by atoms with E-state index in [1.165, 1.54) is 37.7 Å². The van der Waals surface area contributed by atoms with Crippen LogP contribution in [-0.4, -0.2) is 49.2 Å². The van der Waals surface area contributed by atoms with Crippen molar-refractivity contribution in [2.75, 3.05) is 38.2 Å². The van der Waals surface area contributed by atoms with E-state index in [9.17, 15) is 0 Å². The van der Waals surface area contributed by atoms with Crippen LogP contribution in [0, 0.1) is 6.92 Å². The van der Waals surface area contributed by atoms with Crippen LogP contribution < -0.4 is 11.1 Å². The molecular weight excluding hydrogens is 300 g/mol. The SMILES string of the molecule is Cc1cccc(NC(N)=NCC2(N3CCOCC3)CCCCC2)c1. The Hall–Kier alpha value is -1.59. The van der Waals surface area contributed by atoms with Gasteiger partial charge in [-0.15, -0.1) is 0 Å². The van der Waals surface area contributed by atoms with Crippen molar-refractivity contribution in [2.24, 2.45) is 10.7 Å². The summed E-state index contributed by atoms with van der Waals surface area (Å²) in [6.07, 6.45) is 6.35. The minimum absolute atomic E-state index is 0.168. The second-order valence-corrected chi connectivity index (χ2v) is 7.08. The second kappa shape index (κ2) is 7.99. The van der Waals surface area contributed by atoms with Crippen molar-refractivity contribution >= 4 is 11.6 Å². The summed E-state index contributed by atoms with van der Waals surface area (Å²) in [5, 5.41) is 3.23. The largest absolute Gasteiger partial charge is 0.379 e. The number of hydrogen-bond donors (Lipinski definition) is 2. The van der Waals surface area contributed by atoms with Gasteiger partial charge in [0.2, 0.25) is 0 Å². The summed E-state index contributed by atoms with van der Waals surface area (Å²) in [7, 11) is 0. The first-order valence-corrected chi connectivity index (χ1v) is 9.14. The molecule has 1 saturated heterocycles. The van der Waals surface area contributed by atoms with Gasteiger partial charge in [0.1, 0.15) is 0 Å². The quantitative estimate of drug-likeness (QED) is 0.658. The Labute approximate surface area is 145 Å². The maximum Gasteiger partial charge on any atom is 0.193 e. The number of hydrogen-bond acceptors (Lipinski definition) is 3. The van der Waals surface area contributed by atoms with Crippen molar-refractivity contribution in [1.29, 1.82) is 0 Å². The predicted molar refractivity (Wildman–Crippen MR) is 99.5 cm³/mol. The molecule has 0 aromatic heterocycles. The molecule has 1 aromatic carbocycles. The number of guanidine groups is 1. The van der Waals surface area contributed by atoms with Crippen molar-refractivity contribution in [3.63, 3.8) is 0 Å². The van der Waals surface area contributed by atoms with Crippen LogP contribution in [0.1, 0.15) is 37.7 Å². The Kier molecular flexibility index (Phi) is 5.74. The summed E-state index contributed by atoms with van der Waals surface area (Å²) < 4.78 is 5.54. The van der Waals surface area contributed by atoms with Gasteiger partial charge in [0.15, 0.2) is 5.96 Å². The second-order valence-electron chi connectivity index (χ2n) is 7.08. The Bertz CT molecular complexity index is 560. The first-order valence-electron chi connectivity index (χ1n) is 9.14. The molecule has 3 N–H and O–H groups in total. The van der Waals surface area contributed by atoms with Crippen molar-refractivity contribution in [1.82, 2.24) is 4.90 Å². The maximum absolute atomic E-state index is 6.16. The normalized spacial score (nSPS) is 22.3. The Balaban J connectivity index is 1.67. The zero-order valence-electron chi connectivity index (χ0n) is 14.8. The first-order chi connectivity index (χ1) is 11.7. The highest BCUT2D eigenvalue weighted by atomic mass is 16.5. The fourth-order valence-corrected chi connectivity index (χ4v) is 3.96. The minimum atomic E-state index is 0.168. The number of ether oxygens (including phenoxy) is 1. The average Bonchev–Trinajstić information content (AvgIpc) is 2.62. The minimum Gasteiger partial charge on any atom is -0.379 e. The zero-order valence-corrected chi connectivity index (χ0v) is 14.8. The summed E-state index contributed by atoms with van der Waals surface area (Å²) in [6, 6.07) is 8.21. The molecule has 1 aliphatic heterocycles. The van der Waals surface area contributed by atoms with Crippen LogP contribution in [0.2, 0.25) is 0 Å². The number of rotatable bonds is 4. The van der Waals surface area contributed by atoms with Gasteiger partial charge in [0.05, 0.1) is 19.8 Å². The average molecular weight is 330 g/mol. The number of aliphatic imine (C=N–C) groups is 1. The molecule has 0 bridgehead atoms. The highest BCUT2D eigenvalue weighted by Gasteiger charge is 2.38. The number of nitrogens with zero attached hydrogens (tertiary/aromatic N) is 2. The lowest BCUT2D eigenvalue weighted by Gasteiger charge is -2.47. The van der Waals surface area contributed by atoms with Crippen molar-refractivity contribution < 1.29 is 4.74 Å². The van der Waals surface area contributed by atoms with Crippen LogP contribution in [0.5, 0.6) is 0 Å². The lowest BCUT2D eigenvalue weighted by Crippen LogP contribution is -2.56. The molecule has 24 heavy (non-hydrogen) atoms. The molecule has 1 heterocycles. The third kappa shape index (κ3) is 4.28.